The van der Waals surface area contributed by atoms with Crippen LogP contribution in [0.2, 0.25) is 0 Å². The number of hydrogen-bond acceptors (Lipinski definition) is 4. The third kappa shape index (κ3) is 5.14. The number of carbonyl (C=O) groups excluding carboxylic acids is 2. The Balaban J connectivity index is 1.44. The second-order valence-corrected chi connectivity index (χ2v) is 11.8. The van der Waals surface area contributed by atoms with Gasteiger partial charge >= 0.3 is 11.9 Å². The predicted molar refractivity (Wildman–Crippen MR) is 150 cm³/mol. The molecule has 0 aliphatic heterocycles. The van der Waals surface area contributed by atoms with E-state index in [9.17, 15) is 9.59 Å². The summed E-state index contributed by atoms with van der Waals surface area (Å²) in [5.74, 6) is 0.0546. The first kappa shape index (κ1) is 26.6. The van der Waals surface area contributed by atoms with Crippen LogP contribution in [0.4, 0.5) is 11.9 Å². The van der Waals surface area contributed by atoms with Crippen LogP contribution in [0.1, 0.15) is 44.0 Å². The SMILES string of the molecule is Cn1c(C(=O)NCC2Cc3[nH]c(N)[nH+]c3C(c3c[nH+]c(N)[nH]3)[C@@H]2CNC(=O)c2cc(Br)c[nH]2)cc(Br)c1Br. The van der Waals surface area contributed by atoms with Crippen LogP contribution < -0.4 is 32.1 Å². The largest absolute Gasteiger partial charge is 0.356 e. The number of nitrogens with one attached hydrogen (secondary N) is 7. The van der Waals surface area contributed by atoms with Crippen LogP contribution in [0, 0.1) is 11.8 Å². The molecule has 5 rings (SSSR count). The summed E-state index contributed by atoms with van der Waals surface area (Å²) in [5.41, 5.74) is 15.8. The number of aromatic nitrogens is 6. The van der Waals surface area contributed by atoms with Crippen molar-refractivity contribution < 1.29 is 19.6 Å². The van der Waals surface area contributed by atoms with Crippen molar-refractivity contribution in [3.63, 3.8) is 0 Å². The molecule has 2 unspecified atom stereocenters. The number of amides is 2. The summed E-state index contributed by atoms with van der Waals surface area (Å²) < 4.78 is 4.13. The fourth-order valence-corrected chi connectivity index (χ4v) is 6.26. The Hall–Kier alpha value is -3.04. The Labute approximate surface area is 242 Å². The van der Waals surface area contributed by atoms with Gasteiger partial charge in [-0.2, -0.15) is 0 Å². The van der Waals surface area contributed by atoms with E-state index in [0.717, 1.165) is 30.6 Å². The van der Waals surface area contributed by atoms with Gasteiger partial charge in [-0.15, -0.1) is 0 Å². The number of hydrogen-bond donors (Lipinski definition) is 7. The average molecular weight is 715 g/mol. The zero-order valence-corrected chi connectivity index (χ0v) is 25.0. The van der Waals surface area contributed by atoms with Gasteiger partial charge in [0, 0.05) is 37.2 Å². The molecule has 12 nitrogen and oxygen atoms in total. The van der Waals surface area contributed by atoms with E-state index in [4.69, 9.17) is 11.5 Å². The number of H-pyrrole nitrogens is 5. The first-order chi connectivity index (χ1) is 18.1. The van der Waals surface area contributed by atoms with Gasteiger partial charge in [-0.3, -0.25) is 21.1 Å². The molecule has 0 saturated heterocycles. The number of carbonyl (C=O) groups is 2. The molecular formula is C23H27Br3N10O2+2. The van der Waals surface area contributed by atoms with Gasteiger partial charge in [-0.05, 0) is 71.8 Å². The molecule has 4 aromatic heterocycles. The van der Waals surface area contributed by atoms with Gasteiger partial charge in [-0.1, -0.05) is 0 Å². The molecule has 200 valence electrons. The summed E-state index contributed by atoms with van der Waals surface area (Å²) in [7, 11) is 1.81. The van der Waals surface area contributed by atoms with Crippen LogP contribution >= 0.6 is 47.8 Å². The quantitative estimate of drug-likeness (QED) is 0.154. The molecular weight excluding hydrogens is 688 g/mol. The molecule has 1 aliphatic rings. The number of nitrogen functional groups attached to an aromatic ring is 2. The second-order valence-electron chi connectivity index (χ2n) is 9.32. The number of fused-ring (bicyclic) bond motifs is 1. The van der Waals surface area contributed by atoms with Crippen molar-refractivity contribution in [1.82, 2.24) is 30.2 Å². The van der Waals surface area contributed by atoms with E-state index in [1.165, 1.54) is 0 Å². The fraction of sp³-hybridized carbons (Fsp3) is 0.304. The number of nitrogens with zero attached hydrogens (tertiary/aromatic N) is 1. The smallest absolute Gasteiger partial charge is 0.350 e. The molecule has 15 heteroatoms. The van der Waals surface area contributed by atoms with E-state index in [2.05, 4.69) is 83.3 Å². The fourth-order valence-electron chi connectivity index (χ4n) is 5.13. The summed E-state index contributed by atoms with van der Waals surface area (Å²) in [6.07, 6.45) is 4.14. The molecule has 38 heavy (non-hydrogen) atoms. The molecule has 0 saturated carbocycles. The highest BCUT2D eigenvalue weighted by Gasteiger charge is 2.44. The van der Waals surface area contributed by atoms with E-state index < -0.39 is 0 Å². The maximum absolute atomic E-state index is 13.1. The van der Waals surface area contributed by atoms with Crippen molar-refractivity contribution in [1.29, 1.82) is 0 Å². The third-order valence-electron chi connectivity index (χ3n) is 6.95. The van der Waals surface area contributed by atoms with Crippen LogP contribution in [-0.4, -0.2) is 44.4 Å². The van der Waals surface area contributed by atoms with Gasteiger partial charge in [0.15, 0.2) is 0 Å². The monoisotopic (exact) mass is 712 g/mol. The highest BCUT2D eigenvalue weighted by atomic mass is 79.9. The van der Waals surface area contributed by atoms with Crippen LogP contribution in [0.5, 0.6) is 0 Å². The number of aromatic amines is 5. The summed E-state index contributed by atoms with van der Waals surface area (Å²) in [6, 6.07) is 3.49. The zero-order chi connectivity index (χ0) is 27.1. The number of rotatable bonds is 7. The highest BCUT2D eigenvalue weighted by Crippen LogP contribution is 2.41. The van der Waals surface area contributed by atoms with E-state index >= 15 is 0 Å². The maximum Gasteiger partial charge on any atom is 0.350 e. The molecule has 3 atom stereocenters. The van der Waals surface area contributed by atoms with E-state index in [0.29, 0.717) is 42.8 Å². The lowest BCUT2D eigenvalue weighted by Gasteiger charge is -2.35. The molecule has 1 aliphatic carbocycles. The average Bonchev–Trinajstić information content (AvgIpc) is 3.65. The van der Waals surface area contributed by atoms with Gasteiger partial charge < -0.3 is 20.2 Å². The normalized spacial score (nSPS) is 18.8. The van der Waals surface area contributed by atoms with Gasteiger partial charge in [0.25, 0.3) is 11.8 Å². The summed E-state index contributed by atoms with van der Waals surface area (Å²) >= 11 is 10.3. The minimum atomic E-state index is -0.225. The Kier molecular flexibility index (Phi) is 7.42. The Morgan fingerprint density at radius 1 is 1.11 bits per heavy atom. The highest BCUT2D eigenvalue weighted by molar-refractivity contribution is 9.13. The molecule has 2 amide bonds. The van der Waals surface area contributed by atoms with Crippen LogP contribution in [-0.2, 0) is 13.5 Å². The molecule has 0 fully saturated rings. The number of anilines is 2. The van der Waals surface area contributed by atoms with Crippen LogP contribution in [0.15, 0.2) is 38.1 Å². The minimum absolute atomic E-state index is 0.0461. The Bertz CT molecular complexity index is 1500. The van der Waals surface area contributed by atoms with Crippen molar-refractivity contribution in [3.8, 4) is 0 Å². The molecule has 0 radical (unpaired) electrons. The van der Waals surface area contributed by atoms with Gasteiger partial charge in [-0.25, -0.2) is 19.9 Å². The zero-order valence-electron chi connectivity index (χ0n) is 20.2. The molecule has 4 aromatic rings. The number of nitrogens with two attached hydrogens (primary N) is 2. The number of imidazole rings is 2. The van der Waals surface area contributed by atoms with Crippen molar-refractivity contribution in [2.45, 2.75) is 12.3 Å². The van der Waals surface area contributed by atoms with Crippen LogP contribution in [0.3, 0.4) is 0 Å². The first-order valence-electron chi connectivity index (χ1n) is 11.8. The molecule has 4 heterocycles. The van der Waals surface area contributed by atoms with Gasteiger partial charge in [0.05, 0.1) is 21.2 Å². The van der Waals surface area contributed by atoms with Gasteiger partial charge in [0.2, 0.25) is 0 Å². The lowest BCUT2D eigenvalue weighted by Crippen LogP contribution is -2.45. The summed E-state index contributed by atoms with van der Waals surface area (Å²) in [6.45, 7) is 0.724. The van der Waals surface area contributed by atoms with E-state index in [-0.39, 0.29) is 29.6 Å². The second kappa shape index (κ2) is 10.6. The molecule has 11 N–H and O–H groups in total. The third-order valence-corrected chi connectivity index (χ3v) is 9.51. The minimum Gasteiger partial charge on any atom is -0.356 e. The Morgan fingerprint density at radius 2 is 1.87 bits per heavy atom. The Morgan fingerprint density at radius 3 is 2.50 bits per heavy atom. The standard InChI is InChI=1S/C23H25Br3N10O2/c1-36-16(4-12(25)19(36)26)21(38)30-5-9-2-13-18(35-23(28)33-13)17(15-8-32-22(27)34-15)11(9)7-31-20(37)14-3-10(24)6-29-14/h3-4,6,8-9,11,17,29H,2,5,7H2,1H3,(H,30,38)(H,31,37)(H3,27,32,34)(H3,28,33,35)/p+2/t9?,11-,17?/m1/s1. The lowest BCUT2D eigenvalue weighted by atomic mass is 9.71. The first-order valence-corrected chi connectivity index (χ1v) is 14.2. The molecule has 0 spiro atoms. The summed E-state index contributed by atoms with van der Waals surface area (Å²) in [5, 5.41) is 6.16. The van der Waals surface area contributed by atoms with Crippen molar-refractivity contribution >= 4 is 71.5 Å². The van der Waals surface area contributed by atoms with Crippen molar-refractivity contribution in [3.05, 3.63) is 66.5 Å². The maximum atomic E-state index is 13.1. The van der Waals surface area contributed by atoms with Crippen molar-refractivity contribution in [2.24, 2.45) is 18.9 Å². The van der Waals surface area contributed by atoms with Crippen molar-refractivity contribution in [2.75, 3.05) is 24.6 Å². The van der Waals surface area contributed by atoms with Crippen LogP contribution in [0.25, 0.3) is 0 Å². The van der Waals surface area contributed by atoms with Gasteiger partial charge in [0.1, 0.15) is 28.5 Å². The molecule has 0 bridgehead atoms. The number of halogens is 3. The molecule has 0 aromatic carbocycles. The topological polar surface area (TPSA) is 191 Å². The van der Waals surface area contributed by atoms with E-state index in [1.807, 2.05) is 13.2 Å². The summed E-state index contributed by atoms with van der Waals surface area (Å²) in [4.78, 5) is 41.7. The van der Waals surface area contributed by atoms with E-state index in [1.54, 1.807) is 22.9 Å². The predicted octanol–water partition coefficient (Wildman–Crippen LogP) is 1.87. The lowest BCUT2D eigenvalue weighted by molar-refractivity contribution is -0.375.